The van der Waals surface area contributed by atoms with Gasteiger partial charge in [-0.3, -0.25) is 14.9 Å². The third kappa shape index (κ3) is 5.61. The molecule has 0 saturated heterocycles. The number of benzene rings is 2. The number of hydrogen-bond donors (Lipinski definition) is 1. The molecule has 0 bridgehead atoms. The van der Waals surface area contributed by atoms with E-state index < -0.39 is 16.8 Å². The van der Waals surface area contributed by atoms with Gasteiger partial charge in [-0.2, -0.15) is 0 Å². The Labute approximate surface area is 191 Å². The van der Waals surface area contributed by atoms with Crippen molar-refractivity contribution in [3.63, 3.8) is 0 Å². The van der Waals surface area contributed by atoms with Crippen LogP contribution >= 0.6 is 22.9 Å². The van der Waals surface area contributed by atoms with Gasteiger partial charge in [-0.1, -0.05) is 17.7 Å². The van der Waals surface area contributed by atoms with Gasteiger partial charge in [0.25, 0.3) is 11.6 Å². The zero-order valence-electron chi connectivity index (χ0n) is 15.6. The Bertz CT molecular complexity index is 1090. The number of aromatic carboxylic acids is 1. The van der Waals surface area contributed by atoms with Crippen molar-refractivity contribution in [3.05, 3.63) is 85.1 Å². The third-order valence-corrected chi connectivity index (χ3v) is 5.01. The molecule has 0 spiro atoms. The average molecular weight is 439 g/mol. The van der Waals surface area contributed by atoms with Crippen LogP contribution in [-0.4, -0.2) is 16.8 Å². The number of thiophene rings is 1. The van der Waals surface area contributed by atoms with Gasteiger partial charge in [0.2, 0.25) is 0 Å². The minimum Gasteiger partial charge on any atom is -0.545 e. The molecule has 0 aliphatic carbocycles. The molecular weight excluding hydrogens is 427 g/mol. The number of non-ortho nitro benzene ring substituents is 1. The Morgan fingerprint density at radius 3 is 2.53 bits per heavy atom. The maximum absolute atomic E-state index is 12.5. The smallest absolute Gasteiger partial charge is 0.545 e. The summed E-state index contributed by atoms with van der Waals surface area (Å²) in [5, 5.41) is 26.7. The van der Waals surface area contributed by atoms with E-state index in [0.29, 0.717) is 0 Å². The quantitative estimate of drug-likeness (QED) is 0.326. The van der Waals surface area contributed by atoms with Crippen molar-refractivity contribution in [2.45, 2.75) is 6.61 Å². The normalized spacial score (nSPS) is 10.0. The van der Waals surface area contributed by atoms with E-state index in [9.17, 15) is 24.8 Å². The van der Waals surface area contributed by atoms with Crippen molar-refractivity contribution in [2.75, 3.05) is 5.32 Å². The number of nitrogens with zero attached hydrogens (tertiary/aromatic N) is 1. The Hall–Kier alpha value is -2.83. The Kier molecular flexibility index (Phi) is 8.03. The SMILES string of the molecule is O=C(Nc1ccc(OCc2cccs2)cc1C(=O)[O-])c1cc([N+](=O)[O-])ccc1Cl.[Li+]. The molecule has 1 amide bonds. The van der Waals surface area contributed by atoms with Crippen LogP contribution in [0, 0.1) is 10.1 Å². The van der Waals surface area contributed by atoms with E-state index in [0.717, 1.165) is 17.0 Å². The molecule has 2 aromatic carbocycles. The van der Waals surface area contributed by atoms with Crippen molar-refractivity contribution < 1.29 is 43.2 Å². The number of rotatable bonds is 7. The second kappa shape index (κ2) is 10.3. The van der Waals surface area contributed by atoms with Gasteiger partial charge in [0.15, 0.2) is 0 Å². The minimum absolute atomic E-state index is 0. The van der Waals surface area contributed by atoms with Gasteiger partial charge in [0.1, 0.15) is 12.4 Å². The van der Waals surface area contributed by atoms with Crippen molar-refractivity contribution in [2.24, 2.45) is 0 Å². The fraction of sp³-hybridized carbons (Fsp3) is 0.0526. The third-order valence-electron chi connectivity index (χ3n) is 3.83. The predicted molar refractivity (Wildman–Crippen MR) is 105 cm³/mol. The van der Waals surface area contributed by atoms with Crippen LogP contribution in [0.5, 0.6) is 5.75 Å². The fourth-order valence-electron chi connectivity index (χ4n) is 2.43. The largest absolute Gasteiger partial charge is 1.00 e. The molecule has 0 aliphatic rings. The van der Waals surface area contributed by atoms with Crippen LogP contribution < -0.4 is 34.0 Å². The summed E-state index contributed by atoms with van der Waals surface area (Å²) in [6.45, 7) is 0.263. The molecule has 1 heterocycles. The van der Waals surface area contributed by atoms with E-state index in [1.54, 1.807) is 0 Å². The van der Waals surface area contributed by atoms with Crippen LogP contribution in [0.2, 0.25) is 5.02 Å². The van der Waals surface area contributed by atoms with Crippen LogP contribution in [-0.2, 0) is 6.61 Å². The number of carboxylic acids is 1. The number of carbonyl (C=O) groups excluding carboxylic acids is 2. The number of anilines is 1. The van der Waals surface area contributed by atoms with Crippen molar-refractivity contribution in [1.29, 1.82) is 0 Å². The first-order chi connectivity index (χ1) is 13.8. The van der Waals surface area contributed by atoms with E-state index in [1.165, 1.54) is 35.6 Å². The van der Waals surface area contributed by atoms with Crippen molar-refractivity contribution in [3.8, 4) is 5.75 Å². The molecule has 1 N–H and O–H groups in total. The van der Waals surface area contributed by atoms with Crippen LogP contribution in [0.1, 0.15) is 25.6 Å². The first-order valence-electron chi connectivity index (χ1n) is 8.11. The summed E-state index contributed by atoms with van der Waals surface area (Å²) in [6, 6.07) is 11.2. The monoisotopic (exact) mass is 438 g/mol. The first kappa shape index (κ1) is 23.4. The average Bonchev–Trinajstić information content (AvgIpc) is 3.20. The summed E-state index contributed by atoms with van der Waals surface area (Å²) in [5.74, 6) is -2.04. The molecule has 0 atom stereocenters. The number of ether oxygens (including phenoxy) is 1. The van der Waals surface area contributed by atoms with Crippen LogP contribution in [0.15, 0.2) is 53.9 Å². The number of nitro groups is 1. The van der Waals surface area contributed by atoms with Gasteiger partial charge in [0.05, 0.1) is 27.2 Å². The van der Waals surface area contributed by atoms with Gasteiger partial charge in [0, 0.05) is 22.6 Å². The Balaban J connectivity index is 0.00000320. The zero-order valence-corrected chi connectivity index (χ0v) is 17.2. The maximum atomic E-state index is 12.5. The summed E-state index contributed by atoms with van der Waals surface area (Å²) in [7, 11) is 0. The van der Waals surface area contributed by atoms with E-state index in [2.05, 4.69) is 5.32 Å². The maximum Gasteiger partial charge on any atom is 1.00 e. The molecule has 11 heteroatoms. The van der Waals surface area contributed by atoms with E-state index in [-0.39, 0.29) is 58.7 Å². The van der Waals surface area contributed by atoms with E-state index in [4.69, 9.17) is 16.3 Å². The number of halogens is 1. The van der Waals surface area contributed by atoms with E-state index >= 15 is 0 Å². The number of hydrogen-bond acceptors (Lipinski definition) is 7. The summed E-state index contributed by atoms with van der Waals surface area (Å²) in [6.07, 6.45) is 0. The summed E-state index contributed by atoms with van der Waals surface area (Å²) in [5.41, 5.74) is -0.843. The summed E-state index contributed by atoms with van der Waals surface area (Å²) in [4.78, 5) is 35.2. The van der Waals surface area contributed by atoms with Gasteiger partial charge >= 0.3 is 18.9 Å². The van der Waals surface area contributed by atoms with Gasteiger partial charge < -0.3 is 20.0 Å². The van der Waals surface area contributed by atoms with Gasteiger partial charge in [-0.05, 0) is 35.7 Å². The molecule has 8 nitrogen and oxygen atoms in total. The zero-order chi connectivity index (χ0) is 21.0. The molecule has 0 fully saturated rings. The topological polar surface area (TPSA) is 122 Å². The Morgan fingerprint density at radius 2 is 1.90 bits per heavy atom. The number of nitro benzene ring substituents is 1. The number of carboxylic acid groups (broad SMARTS) is 1. The van der Waals surface area contributed by atoms with Gasteiger partial charge in [-0.25, -0.2) is 0 Å². The predicted octanol–water partition coefficient (Wildman–Crippen LogP) is 0.508. The number of nitrogens with one attached hydrogen (secondary N) is 1. The van der Waals surface area contributed by atoms with Gasteiger partial charge in [-0.15, -0.1) is 11.3 Å². The molecule has 0 saturated carbocycles. The molecule has 0 aliphatic heterocycles. The first-order valence-corrected chi connectivity index (χ1v) is 9.37. The fourth-order valence-corrected chi connectivity index (χ4v) is 3.25. The van der Waals surface area contributed by atoms with E-state index in [1.807, 2.05) is 17.5 Å². The second-order valence-electron chi connectivity index (χ2n) is 5.74. The van der Waals surface area contributed by atoms with Crippen LogP contribution in [0.25, 0.3) is 0 Å². The molecule has 1 aromatic heterocycles. The van der Waals surface area contributed by atoms with Crippen LogP contribution in [0.3, 0.4) is 0 Å². The minimum atomic E-state index is -1.52. The molecular formula is C19H12ClLiN2O6S. The Morgan fingerprint density at radius 1 is 1.13 bits per heavy atom. The van der Waals surface area contributed by atoms with Crippen LogP contribution in [0.4, 0.5) is 11.4 Å². The molecule has 30 heavy (non-hydrogen) atoms. The second-order valence-corrected chi connectivity index (χ2v) is 7.18. The summed E-state index contributed by atoms with van der Waals surface area (Å²) >= 11 is 7.44. The van der Waals surface area contributed by atoms with Crippen molar-refractivity contribution in [1.82, 2.24) is 0 Å². The van der Waals surface area contributed by atoms with Crippen molar-refractivity contribution >= 4 is 46.2 Å². The number of amides is 1. The molecule has 0 unspecified atom stereocenters. The standard InChI is InChI=1S/C19H13ClN2O6S.Li/c20-16-5-3-11(22(26)27)8-14(16)18(23)21-17-6-4-12(9-15(17)19(24)25)28-10-13-2-1-7-29-13;/h1-9H,10H2,(H,21,23)(H,24,25);/q;+1/p-1. The molecule has 3 aromatic rings. The molecule has 0 radical (unpaired) electrons. The molecule has 148 valence electrons. The molecule has 3 rings (SSSR count). The number of carbonyl (C=O) groups is 2. The summed E-state index contributed by atoms with van der Waals surface area (Å²) < 4.78 is 5.56.